The molecule has 4 aliphatic rings. The van der Waals surface area contributed by atoms with Crippen LogP contribution in [0.2, 0.25) is 0 Å². The Balaban J connectivity index is 1.02. The van der Waals surface area contributed by atoms with Gasteiger partial charge in [0.1, 0.15) is 0 Å². The van der Waals surface area contributed by atoms with Gasteiger partial charge in [0, 0.05) is 16.5 Å². The van der Waals surface area contributed by atoms with Gasteiger partial charge < -0.3 is 0 Å². The smallest absolute Gasteiger partial charge is 0.161 e. The molecule has 10 aromatic carbocycles. The van der Waals surface area contributed by atoms with E-state index in [2.05, 4.69) is 200 Å². The number of aliphatic imine (C=N–C) groups is 2. The van der Waals surface area contributed by atoms with Gasteiger partial charge in [0.15, 0.2) is 5.84 Å². The van der Waals surface area contributed by atoms with Gasteiger partial charge in [0.05, 0.1) is 11.4 Å². The van der Waals surface area contributed by atoms with Gasteiger partial charge >= 0.3 is 0 Å². The second-order valence-corrected chi connectivity index (χ2v) is 18.3. The molecule has 1 fully saturated rings. The van der Waals surface area contributed by atoms with Crippen molar-refractivity contribution in [2.45, 2.75) is 37.0 Å². The third-order valence-corrected chi connectivity index (χ3v) is 14.9. The van der Waals surface area contributed by atoms with Crippen LogP contribution in [-0.2, 0) is 11.8 Å². The average Bonchev–Trinajstić information content (AvgIpc) is 4.01. The van der Waals surface area contributed by atoms with Gasteiger partial charge in [-0.25, -0.2) is 9.98 Å². The fourth-order valence-electron chi connectivity index (χ4n) is 11.9. The molecule has 1 saturated carbocycles. The van der Waals surface area contributed by atoms with Gasteiger partial charge in [-0.3, -0.25) is 0 Å². The number of nitrogens with zero attached hydrogens (tertiary/aromatic N) is 2. The summed E-state index contributed by atoms with van der Waals surface area (Å²) < 4.78 is 0. The molecule has 0 saturated heterocycles. The van der Waals surface area contributed by atoms with E-state index in [0.29, 0.717) is 5.92 Å². The molecule has 0 radical (unpaired) electrons. The van der Waals surface area contributed by atoms with E-state index in [1.807, 2.05) is 0 Å². The number of hydrogen-bond donors (Lipinski definition) is 0. The average molecular weight is 815 g/mol. The quantitative estimate of drug-likeness (QED) is 0.169. The third kappa shape index (κ3) is 5.26. The lowest BCUT2D eigenvalue weighted by atomic mass is 9.72. The minimum Gasteiger partial charge on any atom is -0.232 e. The maximum Gasteiger partial charge on any atom is 0.161 e. The summed E-state index contributed by atoms with van der Waals surface area (Å²) in [4.78, 5) is 11.4. The summed E-state index contributed by atoms with van der Waals surface area (Å²) >= 11 is 0. The maximum absolute atomic E-state index is 5.74. The fourth-order valence-corrected chi connectivity index (χ4v) is 11.9. The van der Waals surface area contributed by atoms with Gasteiger partial charge in [-0.05, 0) is 142 Å². The normalized spacial score (nSPS) is 18.2. The number of hydrogen-bond acceptors (Lipinski definition) is 2. The van der Waals surface area contributed by atoms with Gasteiger partial charge in [0.25, 0.3) is 0 Å². The molecular weight excluding hydrogens is 773 g/mol. The highest BCUT2D eigenvalue weighted by molar-refractivity contribution is 6.22. The Morgan fingerprint density at radius 3 is 2.00 bits per heavy atom. The van der Waals surface area contributed by atoms with E-state index in [1.165, 1.54) is 93.2 Å². The van der Waals surface area contributed by atoms with E-state index < -0.39 is 0 Å². The SMILES string of the molecule is C1=C(c2cccc3ccccc23)N=C(c2c3c(cc4ccccc24)Cc2ccc(C45CC4c4cc6ccccc6cc4-c4ccc6ccccc6c45)cc2-3)N=C(c2ccccc2)CC1. The summed E-state index contributed by atoms with van der Waals surface area (Å²) in [5.41, 5.74) is 17.8. The highest BCUT2D eigenvalue weighted by Gasteiger charge is 2.61. The lowest BCUT2D eigenvalue weighted by Crippen LogP contribution is -2.18. The van der Waals surface area contributed by atoms with Crippen molar-refractivity contribution in [1.29, 1.82) is 0 Å². The Labute approximate surface area is 372 Å². The number of fused-ring (bicyclic) bond motifs is 14. The van der Waals surface area contributed by atoms with Crippen LogP contribution in [0.5, 0.6) is 0 Å². The second-order valence-electron chi connectivity index (χ2n) is 18.3. The summed E-state index contributed by atoms with van der Waals surface area (Å²) in [6.07, 6.45) is 5.98. The molecule has 64 heavy (non-hydrogen) atoms. The number of benzene rings is 10. The van der Waals surface area contributed by atoms with Crippen molar-refractivity contribution < 1.29 is 0 Å². The molecule has 0 spiro atoms. The Kier molecular flexibility index (Phi) is 7.65. The van der Waals surface area contributed by atoms with E-state index in [1.54, 1.807) is 0 Å². The molecule has 0 amide bonds. The van der Waals surface area contributed by atoms with Crippen molar-refractivity contribution >= 4 is 60.3 Å². The van der Waals surface area contributed by atoms with Crippen LogP contribution in [0.1, 0.15) is 69.7 Å². The van der Waals surface area contributed by atoms with Crippen molar-refractivity contribution in [3.63, 3.8) is 0 Å². The lowest BCUT2D eigenvalue weighted by Gasteiger charge is -2.31. The third-order valence-electron chi connectivity index (χ3n) is 14.9. The first-order valence-corrected chi connectivity index (χ1v) is 22.8. The molecule has 2 unspecified atom stereocenters. The number of rotatable bonds is 4. The van der Waals surface area contributed by atoms with Crippen molar-refractivity contribution in [2.24, 2.45) is 9.98 Å². The Bertz CT molecular complexity index is 3730. The fraction of sp³-hybridized carbons (Fsp3) is 0.0968. The molecule has 14 rings (SSSR count). The molecule has 1 heterocycles. The zero-order valence-corrected chi connectivity index (χ0v) is 35.4. The van der Waals surface area contributed by atoms with Crippen molar-refractivity contribution in [2.75, 3.05) is 0 Å². The molecule has 10 aromatic rings. The first-order chi connectivity index (χ1) is 31.7. The van der Waals surface area contributed by atoms with E-state index in [-0.39, 0.29) is 5.41 Å². The monoisotopic (exact) mass is 814 g/mol. The van der Waals surface area contributed by atoms with Crippen molar-refractivity contribution in [3.8, 4) is 22.3 Å². The van der Waals surface area contributed by atoms with Gasteiger partial charge in [-0.2, -0.15) is 0 Å². The summed E-state index contributed by atoms with van der Waals surface area (Å²) in [6.45, 7) is 0. The molecule has 2 nitrogen and oxygen atoms in total. The Hall–Kier alpha value is -7.68. The summed E-state index contributed by atoms with van der Waals surface area (Å²) in [7, 11) is 0. The number of allylic oxidation sites excluding steroid dienone is 1. The second kappa shape index (κ2) is 13.7. The van der Waals surface area contributed by atoms with E-state index in [9.17, 15) is 0 Å². The van der Waals surface area contributed by atoms with Gasteiger partial charge in [-0.1, -0.05) is 188 Å². The zero-order valence-electron chi connectivity index (χ0n) is 35.4. The highest BCUT2D eigenvalue weighted by atomic mass is 14.9. The number of amidine groups is 1. The largest absolute Gasteiger partial charge is 0.232 e. The van der Waals surface area contributed by atoms with E-state index in [4.69, 9.17) is 9.98 Å². The van der Waals surface area contributed by atoms with E-state index >= 15 is 0 Å². The van der Waals surface area contributed by atoms with Crippen LogP contribution in [0.4, 0.5) is 0 Å². The highest BCUT2D eigenvalue weighted by Crippen LogP contribution is 2.71. The first kappa shape index (κ1) is 35.9. The van der Waals surface area contributed by atoms with Crippen molar-refractivity contribution in [3.05, 3.63) is 245 Å². The van der Waals surface area contributed by atoms with Gasteiger partial charge in [0.2, 0.25) is 0 Å². The molecular formula is C62H42N2. The molecule has 300 valence electrons. The zero-order chi connectivity index (χ0) is 41.9. The molecule has 2 heteroatoms. The summed E-state index contributed by atoms with van der Waals surface area (Å²) in [6, 6.07) is 72.4. The van der Waals surface area contributed by atoms with Crippen LogP contribution in [0, 0.1) is 0 Å². The predicted octanol–water partition coefficient (Wildman–Crippen LogP) is 15.4. The minimum atomic E-state index is -0.138. The molecule has 3 aliphatic carbocycles. The van der Waals surface area contributed by atoms with E-state index in [0.717, 1.165) is 59.6 Å². The molecule has 0 aromatic heterocycles. The summed E-state index contributed by atoms with van der Waals surface area (Å²) in [5, 5.41) is 10.1. The molecule has 0 N–H and O–H groups in total. The van der Waals surface area contributed by atoms with Crippen molar-refractivity contribution in [1.82, 2.24) is 0 Å². The van der Waals surface area contributed by atoms with Crippen LogP contribution in [0.3, 0.4) is 0 Å². The van der Waals surface area contributed by atoms with Crippen LogP contribution in [0.25, 0.3) is 71.0 Å². The summed E-state index contributed by atoms with van der Waals surface area (Å²) in [5.74, 6) is 1.17. The maximum atomic E-state index is 5.74. The topological polar surface area (TPSA) is 24.7 Å². The van der Waals surface area contributed by atoms with Gasteiger partial charge in [-0.15, -0.1) is 0 Å². The predicted molar refractivity (Wildman–Crippen MR) is 268 cm³/mol. The molecule has 2 atom stereocenters. The lowest BCUT2D eigenvalue weighted by molar-refractivity contribution is 0.803. The first-order valence-electron chi connectivity index (χ1n) is 22.8. The molecule has 0 bridgehead atoms. The standard InChI is InChI=1S/C62H42N2/c1-2-16-40(17-3-1)56-26-13-27-57(50-25-12-21-38-14-6-9-22-47(38)50)64-61(63-56)59-48-23-10-8-20-43(48)32-45-33-44-28-30-46(36-52(44)58(45)59)62-37-55(62)54-35-42-19-5-4-18-41(42)34-53(54)51-31-29-39-15-7-11-24-49(39)60(51)62/h1-12,14-25,27-32,34-36,55H,13,26,33,37H2. The van der Waals surface area contributed by atoms with Crippen LogP contribution >= 0.6 is 0 Å². The van der Waals surface area contributed by atoms with Crippen LogP contribution < -0.4 is 0 Å². The minimum absolute atomic E-state index is 0.138. The Morgan fingerprint density at radius 1 is 0.453 bits per heavy atom. The molecule has 1 aliphatic heterocycles. The Morgan fingerprint density at radius 2 is 1.16 bits per heavy atom. The van der Waals surface area contributed by atoms with Crippen LogP contribution in [-0.4, -0.2) is 11.5 Å². The van der Waals surface area contributed by atoms with Crippen LogP contribution in [0.15, 0.2) is 210 Å².